The van der Waals surface area contributed by atoms with Gasteiger partial charge in [-0.25, -0.2) is 4.39 Å². The summed E-state index contributed by atoms with van der Waals surface area (Å²) in [6.45, 7) is 2.34. The Morgan fingerprint density at radius 3 is 2.22 bits per heavy atom. The van der Waals surface area contributed by atoms with Gasteiger partial charge in [-0.1, -0.05) is 23.7 Å². The van der Waals surface area contributed by atoms with Crippen LogP contribution in [0.3, 0.4) is 0 Å². The second kappa shape index (κ2) is 9.59. The number of phenols is 1. The molecule has 36 heavy (non-hydrogen) atoms. The molecular formula is C27H22ClF4N3O. The lowest BCUT2D eigenvalue weighted by atomic mass is 9.93. The van der Waals surface area contributed by atoms with E-state index in [-0.39, 0.29) is 11.6 Å². The second-order valence-corrected chi connectivity index (χ2v) is 9.12. The quantitative estimate of drug-likeness (QED) is 0.308. The average Bonchev–Trinajstić information content (AvgIpc) is 2.88. The summed E-state index contributed by atoms with van der Waals surface area (Å²) in [5.74, 6) is -0.363. The van der Waals surface area contributed by atoms with Crippen LogP contribution in [0.15, 0.2) is 72.9 Å². The van der Waals surface area contributed by atoms with Crippen LogP contribution >= 0.6 is 11.6 Å². The van der Waals surface area contributed by atoms with Gasteiger partial charge in [0.05, 0.1) is 16.6 Å². The normalized spacial score (nSPS) is 15.9. The molecular weight excluding hydrogens is 494 g/mol. The summed E-state index contributed by atoms with van der Waals surface area (Å²) in [6.07, 6.45) is -2.90. The monoisotopic (exact) mass is 515 g/mol. The maximum Gasteiger partial charge on any atom is 0.416 e. The number of anilines is 1. The van der Waals surface area contributed by atoms with Crippen LogP contribution in [-0.2, 0) is 6.18 Å². The van der Waals surface area contributed by atoms with Gasteiger partial charge < -0.3 is 10.0 Å². The highest BCUT2D eigenvalue weighted by atomic mass is 35.5. The molecule has 1 fully saturated rings. The van der Waals surface area contributed by atoms with Crippen LogP contribution in [0.5, 0.6) is 5.75 Å². The Labute approximate surface area is 210 Å². The molecule has 1 N–H and O–H groups in total. The molecule has 0 bridgehead atoms. The summed E-state index contributed by atoms with van der Waals surface area (Å²) in [7, 11) is 0. The van der Waals surface area contributed by atoms with E-state index in [1.165, 1.54) is 24.3 Å². The number of aromatic hydroxyl groups is 1. The fraction of sp³-hybridized carbons (Fsp3) is 0.222. The fourth-order valence-electron chi connectivity index (χ4n) is 4.75. The van der Waals surface area contributed by atoms with Crippen molar-refractivity contribution in [3.05, 3.63) is 100 Å². The van der Waals surface area contributed by atoms with Crippen molar-refractivity contribution in [1.29, 1.82) is 0 Å². The third-order valence-electron chi connectivity index (χ3n) is 6.56. The first-order chi connectivity index (χ1) is 17.2. The van der Waals surface area contributed by atoms with Gasteiger partial charge in [-0.05, 0) is 60.2 Å². The van der Waals surface area contributed by atoms with Crippen molar-refractivity contribution in [3.8, 4) is 5.75 Å². The van der Waals surface area contributed by atoms with E-state index in [1.807, 2.05) is 0 Å². The molecule has 0 unspecified atom stereocenters. The number of phenolic OH excluding ortho intramolecular Hbond substituents is 1. The number of hydrogen-bond acceptors (Lipinski definition) is 4. The maximum absolute atomic E-state index is 13.3. The molecule has 4 aromatic rings. The molecule has 1 aliphatic rings. The van der Waals surface area contributed by atoms with Crippen molar-refractivity contribution in [2.75, 3.05) is 31.1 Å². The van der Waals surface area contributed by atoms with Crippen molar-refractivity contribution < 1.29 is 22.7 Å². The minimum atomic E-state index is -4.45. The van der Waals surface area contributed by atoms with Gasteiger partial charge in [-0.15, -0.1) is 0 Å². The molecule has 1 aliphatic heterocycles. The predicted molar refractivity (Wildman–Crippen MR) is 132 cm³/mol. The zero-order chi connectivity index (χ0) is 25.4. The number of benzene rings is 3. The van der Waals surface area contributed by atoms with Gasteiger partial charge in [0.25, 0.3) is 0 Å². The van der Waals surface area contributed by atoms with Crippen LogP contribution in [0.2, 0.25) is 5.02 Å². The molecule has 2 heterocycles. The van der Waals surface area contributed by atoms with Crippen molar-refractivity contribution >= 4 is 28.2 Å². The zero-order valence-electron chi connectivity index (χ0n) is 19.0. The van der Waals surface area contributed by atoms with Gasteiger partial charge in [0.1, 0.15) is 17.1 Å². The maximum atomic E-state index is 13.3. The molecule has 1 aromatic heterocycles. The van der Waals surface area contributed by atoms with Crippen LogP contribution in [0.25, 0.3) is 10.9 Å². The van der Waals surface area contributed by atoms with Gasteiger partial charge in [-0.3, -0.25) is 9.88 Å². The Kier molecular flexibility index (Phi) is 6.49. The summed E-state index contributed by atoms with van der Waals surface area (Å²) >= 11 is 6.55. The number of alkyl halides is 3. The summed E-state index contributed by atoms with van der Waals surface area (Å²) in [5, 5.41) is 12.2. The minimum Gasteiger partial charge on any atom is -0.505 e. The van der Waals surface area contributed by atoms with E-state index in [9.17, 15) is 22.7 Å². The van der Waals surface area contributed by atoms with Crippen molar-refractivity contribution in [2.45, 2.75) is 12.2 Å². The number of hydrogen-bond donors (Lipinski definition) is 1. The zero-order valence-corrected chi connectivity index (χ0v) is 19.8. The molecule has 4 nitrogen and oxygen atoms in total. The SMILES string of the molecule is Oc1c([C@@H](c2ccc(C(F)(F)F)cc2)N2CCN(c3ccc(F)cc3)CC2)cc(Cl)c2cccnc12. The Balaban J connectivity index is 1.53. The molecule has 1 saturated heterocycles. The number of piperazine rings is 1. The van der Waals surface area contributed by atoms with Crippen LogP contribution in [0.4, 0.5) is 23.2 Å². The van der Waals surface area contributed by atoms with Gasteiger partial charge in [-0.2, -0.15) is 13.2 Å². The minimum absolute atomic E-state index is 0.0548. The number of halogens is 5. The molecule has 3 aromatic carbocycles. The summed E-state index contributed by atoms with van der Waals surface area (Å²) < 4.78 is 53.0. The van der Waals surface area contributed by atoms with E-state index < -0.39 is 17.8 Å². The molecule has 0 aliphatic carbocycles. The van der Waals surface area contributed by atoms with Gasteiger partial charge in [0, 0.05) is 49.0 Å². The van der Waals surface area contributed by atoms with Gasteiger partial charge in [0.15, 0.2) is 0 Å². The van der Waals surface area contributed by atoms with Crippen LogP contribution in [0, 0.1) is 5.82 Å². The van der Waals surface area contributed by atoms with E-state index in [2.05, 4.69) is 14.8 Å². The highest BCUT2D eigenvalue weighted by Crippen LogP contribution is 2.42. The second-order valence-electron chi connectivity index (χ2n) is 8.72. The first-order valence-electron chi connectivity index (χ1n) is 11.4. The molecule has 0 saturated carbocycles. The number of fused-ring (bicyclic) bond motifs is 1. The molecule has 5 rings (SSSR count). The lowest BCUT2D eigenvalue weighted by Crippen LogP contribution is -2.48. The van der Waals surface area contributed by atoms with E-state index in [4.69, 9.17) is 11.6 Å². The highest BCUT2D eigenvalue weighted by Gasteiger charge is 2.33. The molecule has 0 spiro atoms. The summed E-state index contributed by atoms with van der Waals surface area (Å²) in [6, 6.07) is 15.8. The average molecular weight is 516 g/mol. The standard InChI is InChI=1S/C27H22ClF4N3O/c28-23-16-22(26(36)24-21(23)2-1-11-33-24)25(17-3-5-18(6-4-17)27(30,31)32)35-14-12-34(13-15-35)20-9-7-19(29)8-10-20/h1-11,16,25,36H,12-15H2/t25-/m1/s1. The van der Waals surface area contributed by atoms with Gasteiger partial charge in [0.2, 0.25) is 0 Å². The van der Waals surface area contributed by atoms with E-state index in [1.54, 1.807) is 36.5 Å². The van der Waals surface area contributed by atoms with Gasteiger partial charge >= 0.3 is 6.18 Å². The summed E-state index contributed by atoms with van der Waals surface area (Å²) in [5.41, 5.74) is 1.56. The highest BCUT2D eigenvalue weighted by molar-refractivity contribution is 6.35. The van der Waals surface area contributed by atoms with Crippen molar-refractivity contribution in [1.82, 2.24) is 9.88 Å². The molecule has 186 valence electrons. The topological polar surface area (TPSA) is 39.6 Å². The third kappa shape index (κ3) is 4.70. The van der Waals surface area contributed by atoms with Crippen LogP contribution in [-0.4, -0.2) is 41.2 Å². The fourth-order valence-corrected chi connectivity index (χ4v) is 5.02. The van der Waals surface area contributed by atoms with Crippen LogP contribution in [0.1, 0.15) is 22.7 Å². The molecule has 0 radical (unpaired) electrons. The van der Waals surface area contributed by atoms with E-state index in [0.717, 1.165) is 17.8 Å². The Bertz CT molecular complexity index is 1370. The molecule has 1 atom stereocenters. The Morgan fingerprint density at radius 2 is 1.58 bits per heavy atom. The van der Waals surface area contributed by atoms with Crippen molar-refractivity contribution in [3.63, 3.8) is 0 Å². The smallest absolute Gasteiger partial charge is 0.416 e. The number of rotatable bonds is 4. The number of pyridine rings is 1. The first kappa shape index (κ1) is 24.3. The third-order valence-corrected chi connectivity index (χ3v) is 6.88. The number of aromatic nitrogens is 1. The largest absolute Gasteiger partial charge is 0.505 e. The molecule has 9 heteroatoms. The van der Waals surface area contributed by atoms with Crippen molar-refractivity contribution in [2.24, 2.45) is 0 Å². The van der Waals surface area contributed by atoms with E-state index >= 15 is 0 Å². The summed E-state index contributed by atoms with van der Waals surface area (Å²) in [4.78, 5) is 8.51. The first-order valence-corrected chi connectivity index (χ1v) is 11.8. The predicted octanol–water partition coefficient (Wildman–Crippen LogP) is 6.66. The Morgan fingerprint density at radius 1 is 0.917 bits per heavy atom. The van der Waals surface area contributed by atoms with Crippen LogP contribution < -0.4 is 4.90 Å². The Hall–Kier alpha value is -3.36. The lowest BCUT2D eigenvalue weighted by Gasteiger charge is -2.41. The lowest BCUT2D eigenvalue weighted by molar-refractivity contribution is -0.137. The van der Waals surface area contributed by atoms with E-state index in [0.29, 0.717) is 53.2 Å². The number of nitrogens with zero attached hydrogens (tertiary/aromatic N) is 3. The molecule has 0 amide bonds.